The summed E-state index contributed by atoms with van der Waals surface area (Å²) < 4.78 is 0. The summed E-state index contributed by atoms with van der Waals surface area (Å²) in [6, 6.07) is 14.5. The average Bonchev–Trinajstić information content (AvgIpc) is 3.54. The molecule has 3 amide bonds. The number of nitrogens with two attached hydrogens (primary N) is 1. The van der Waals surface area contributed by atoms with Gasteiger partial charge in [0.1, 0.15) is 6.04 Å². The standard InChI is InChI=1S/C32H40N6O3/c33-23-1-3-24(4-2-23)36-15-17-37(18-16-36)26-9-10-32(20-26)11-13-35(14-12-32)25-5-6-27-22(19-25)21-38(31(27)41)28-7-8-29(39)34-30(28)40/h1-6,19,26,28H,7-18,20-21,33H2,(H,34,39,40). The van der Waals surface area contributed by atoms with Crippen LogP contribution in [0.2, 0.25) is 0 Å². The second kappa shape index (κ2) is 10.4. The zero-order chi connectivity index (χ0) is 28.1. The van der Waals surface area contributed by atoms with Crippen LogP contribution in [0, 0.1) is 5.41 Å². The Kier molecular flexibility index (Phi) is 6.64. The number of hydrogen-bond donors (Lipinski definition) is 2. The lowest BCUT2D eigenvalue weighted by Crippen LogP contribution is -2.52. The van der Waals surface area contributed by atoms with Gasteiger partial charge >= 0.3 is 0 Å². The maximum absolute atomic E-state index is 13.1. The first-order chi connectivity index (χ1) is 19.9. The van der Waals surface area contributed by atoms with Crippen molar-refractivity contribution in [2.45, 2.75) is 63.6 Å². The fourth-order valence-electron chi connectivity index (χ4n) is 7.97. The molecule has 4 fully saturated rings. The van der Waals surface area contributed by atoms with Crippen LogP contribution >= 0.6 is 0 Å². The third kappa shape index (κ3) is 4.94. The second-order valence-electron chi connectivity index (χ2n) is 12.7. The Morgan fingerprint density at radius 1 is 0.805 bits per heavy atom. The first-order valence-corrected chi connectivity index (χ1v) is 15.2. The Morgan fingerprint density at radius 3 is 2.24 bits per heavy atom. The van der Waals surface area contributed by atoms with Crippen molar-refractivity contribution in [3.05, 3.63) is 53.6 Å². The van der Waals surface area contributed by atoms with Gasteiger partial charge in [0.2, 0.25) is 11.8 Å². The molecule has 2 unspecified atom stereocenters. The van der Waals surface area contributed by atoms with Crippen molar-refractivity contribution >= 4 is 34.8 Å². The van der Waals surface area contributed by atoms with E-state index in [2.05, 4.69) is 44.3 Å². The van der Waals surface area contributed by atoms with Crippen molar-refractivity contribution in [1.29, 1.82) is 0 Å². The molecule has 5 aliphatic rings. The number of piperazine rings is 1. The van der Waals surface area contributed by atoms with Crippen molar-refractivity contribution in [2.24, 2.45) is 5.41 Å². The highest BCUT2D eigenvalue weighted by Crippen LogP contribution is 2.48. The Hall–Kier alpha value is -3.59. The quantitative estimate of drug-likeness (QED) is 0.441. The van der Waals surface area contributed by atoms with Crippen molar-refractivity contribution in [3.8, 4) is 0 Å². The number of fused-ring (bicyclic) bond motifs is 1. The van der Waals surface area contributed by atoms with E-state index in [1.807, 2.05) is 18.2 Å². The second-order valence-corrected chi connectivity index (χ2v) is 12.7. The van der Waals surface area contributed by atoms with E-state index in [0.717, 1.165) is 50.5 Å². The molecule has 4 aliphatic heterocycles. The first-order valence-electron chi connectivity index (χ1n) is 15.2. The zero-order valence-corrected chi connectivity index (χ0v) is 23.7. The van der Waals surface area contributed by atoms with Crippen LogP contribution in [0.3, 0.4) is 0 Å². The van der Waals surface area contributed by atoms with Gasteiger partial charge in [0, 0.05) is 80.9 Å². The van der Waals surface area contributed by atoms with Crippen LogP contribution in [0.1, 0.15) is 60.9 Å². The predicted octanol–water partition coefficient (Wildman–Crippen LogP) is 2.99. The number of nitrogen functional groups attached to an aromatic ring is 1. The highest BCUT2D eigenvalue weighted by molar-refractivity contribution is 6.05. The zero-order valence-electron chi connectivity index (χ0n) is 23.7. The molecule has 2 aromatic rings. The Morgan fingerprint density at radius 2 is 1.51 bits per heavy atom. The number of hydrogen-bond acceptors (Lipinski definition) is 7. The van der Waals surface area contributed by atoms with Crippen molar-refractivity contribution in [3.63, 3.8) is 0 Å². The van der Waals surface area contributed by atoms with E-state index < -0.39 is 6.04 Å². The summed E-state index contributed by atoms with van der Waals surface area (Å²) in [6.45, 7) is 6.91. The minimum atomic E-state index is -0.568. The number of benzene rings is 2. The van der Waals surface area contributed by atoms with E-state index in [-0.39, 0.29) is 24.1 Å². The smallest absolute Gasteiger partial charge is 0.255 e. The molecule has 2 atom stereocenters. The Bertz CT molecular complexity index is 1340. The van der Waals surface area contributed by atoms with E-state index in [9.17, 15) is 14.4 Å². The summed E-state index contributed by atoms with van der Waals surface area (Å²) in [6.07, 6.45) is 7.04. The maximum atomic E-state index is 13.1. The summed E-state index contributed by atoms with van der Waals surface area (Å²) in [5.74, 6) is -0.724. The molecule has 7 rings (SSSR count). The van der Waals surface area contributed by atoms with E-state index >= 15 is 0 Å². The molecule has 216 valence electrons. The molecule has 1 saturated carbocycles. The van der Waals surface area contributed by atoms with Crippen molar-refractivity contribution in [1.82, 2.24) is 15.1 Å². The number of nitrogens with one attached hydrogen (secondary N) is 1. The Balaban J connectivity index is 0.934. The van der Waals surface area contributed by atoms with Gasteiger partial charge in [0.25, 0.3) is 5.91 Å². The summed E-state index contributed by atoms with van der Waals surface area (Å²) in [4.78, 5) is 46.4. The lowest BCUT2D eigenvalue weighted by molar-refractivity contribution is -0.136. The molecule has 0 radical (unpaired) electrons. The van der Waals surface area contributed by atoms with Crippen LogP contribution in [0.25, 0.3) is 0 Å². The van der Waals surface area contributed by atoms with Gasteiger partial charge in [-0.15, -0.1) is 0 Å². The molecular weight excluding hydrogens is 516 g/mol. The molecule has 41 heavy (non-hydrogen) atoms. The average molecular weight is 557 g/mol. The number of carbonyl (C=O) groups excluding carboxylic acids is 3. The summed E-state index contributed by atoms with van der Waals surface area (Å²) in [7, 11) is 0. The van der Waals surface area contributed by atoms with Crippen molar-refractivity contribution < 1.29 is 14.4 Å². The Labute approximate surface area is 241 Å². The van der Waals surface area contributed by atoms with Gasteiger partial charge in [-0.1, -0.05) is 0 Å². The van der Waals surface area contributed by atoms with E-state index in [4.69, 9.17) is 5.73 Å². The monoisotopic (exact) mass is 556 g/mol. The van der Waals surface area contributed by atoms with Gasteiger partial charge in [0.15, 0.2) is 0 Å². The number of anilines is 3. The molecule has 9 heteroatoms. The molecule has 3 N–H and O–H groups in total. The summed E-state index contributed by atoms with van der Waals surface area (Å²) in [5, 5.41) is 2.39. The molecule has 1 aliphatic carbocycles. The summed E-state index contributed by atoms with van der Waals surface area (Å²) >= 11 is 0. The molecule has 1 spiro atoms. The number of nitrogens with zero attached hydrogens (tertiary/aromatic N) is 4. The lowest BCUT2D eigenvalue weighted by atomic mass is 9.76. The fraction of sp³-hybridized carbons (Fsp3) is 0.531. The molecular formula is C32H40N6O3. The molecule has 4 heterocycles. The van der Waals surface area contributed by atoms with E-state index in [0.29, 0.717) is 30.0 Å². The summed E-state index contributed by atoms with van der Waals surface area (Å²) in [5.41, 5.74) is 11.2. The van der Waals surface area contributed by atoms with Crippen LogP contribution in [0.4, 0.5) is 17.1 Å². The van der Waals surface area contributed by atoms with Gasteiger partial charge in [-0.25, -0.2) is 0 Å². The third-order valence-corrected chi connectivity index (χ3v) is 10.5. The number of rotatable bonds is 4. The van der Waals surface area contributed by atoms with Gasteiger partial charge in [-0.3, -0.25) is 24.6 Å². The van der Waals surface area contributed by atoms with E-state index in [1.54, 1.807) is 4.90 Å². The van der Waals surface area contributed by atoms with Crippen LogP contribution in [0.5, 0.6) is 0 Å². The molecule has 2 aromatic carbocycles. The molecule has 0 aromatic heterocycles. The number of piperidine rings is 2. The SMILES string of the molecule is Nc1ccc(N2CCN(C3CCC4(CCN(c5ccc6c(c5)CN(C5CCC(=O)NC5=O)C6=O)CC4)C3)CC2)cc1. The molecule has 9 nitrogen and oxygen atoms in total. The minimum Gasteiger partial charge on any atom is -0.399 e. The number of amides is 3. The van der Waals surface area contributed by atoms with Gasteiger partial charge < -0.3 is 20.4 Å². The lowest BCUT2D eigenvalue weighted by Gasteiger charge is -2.42. The van der Waals surface area contributed by atoms with E-state index in [1.165, 1.54) is 43.5 Å². The highest BCUT2D eigenvalue weighted by atomic mass is 16.2. The minimum absolute atomic E-state index is 0.107. The van der Waals surface area contributed by atoms with Gasteiger partial charge in [0.05, 0.1) is 0 Å². The largest absolute Gasteiger partial charge is 0.399 e. The predicted molar refractivity (Wildman–Crippen MR) is 159 cm³/mol. The van der Waals surface area contributed by atoms with Crippen molar-refractivity contribution in [2.75, 3.05) is 54.8 Å². The van der Waals surface area contributed by atoms with Crippen LogP contribution in [0.15, 0.2) is 42.5 Å². The number of carbonyl (C=O) groups is 3. The maximum Gasteiger partial charge on any atom is 0.255 e. The normalized spacial score (nSPS) is 26.5. The highest BCUT2D eigenvalue weighted by Gasteiger charge is 2.44. The van der Waals surface area contributed by atoms with Crippen LogP contribution in [-0.2, 0) is 16.1 Å². The molecule has 0 bridgehead atoms. The third-order valence-electron chi connectivity index (χ3n) is 10.5. The topological polar surface area (TPSA) is 102 Å². The van der Waals surface area contributed by atoms with Crippen LogP contribution in [-0.4, -0.2) is 78.9 Å². The fourth-order valence-corrected chi connectivity index (χ4v) is 7.97. The number of imide groups is 1. The molecule has 3 saturated heterocycles. The van der Waals surface area contributed by atoms with Gasteiger partial charge in [-0.2, -0.15) is 0 Å². The first kappa shape index (κ1) is 26.3. The van der Waals surface area contributed by atoms with Gasteiger partial charge in [-0.05, 0) is 92.0 Å². The van der Waals surface area contributed by atoms with Crippen LogP contribution < -0.4 is 20.9 Å².